The van der Waals surface area contributed by atoms with Crippen LogP contribution in [0.3, 0.4) is 0 Å². The van der Waals surface area contributed by atoms with Crippen molar-refractivity contribution in [1.29, 1.82) is 0 Å². The summed E-state index contributed by atoms with van der Waals surface area (Å²) < 4.78 is 22.9. The molecular formula is C25H26N2O5. The second-order valence-electron chi connectivity index (χ2n) is 7.55. The van der Waals surface area contributed by atoms with Gasteiger partial charge in [0.05, 0.1) is 21.3 Å². The van der Waals surface area contributed by atoms with Gasteiger partial charge in [0, 0.05) is 29.6 Å². The van der Waals surface area contributed by atoms with Crippen LogP contribution in [0.1, 0.15) is 29.2 Å². The van der Waals surface area contributed by atoms with E-state index in [-0.39, 0.29) is 17.2 Å². The molecule has 1 aliphatic rings. The number of hydrogen-bond donors (Lipinski definition) is 1. The summed E-state index contributed by atoms with van der Waals surface area (Å²) in [5.74, 6) is 1.85. The number of hydrogen-bond acceptors (Lipinski definition) is 7. The number of rotatable bonds is 6. The molecule has 1 aliphatic carbocycles. The summed E-state index contributed by atoms with van der Waals surface area (Å²) in [5.41, 5.74) is 10.6. The first-order chi connectivity index (χ1) is 15.6. The smallest absolute Gasteiger partial charge is 0.220 e. The third kappa shape index (κ3) is 3.99. The molecule has 1 unspecified atom stereocenters. The monoisotopic (exact) mass is 434 g/mol. The van der Waals surface area contributed by atoms with Gasteiger partial charge in [0.15, 0.2) is 17.2 Å². The van der Waals surface area contributed by atoms with Crippen LogP contribution < -0.4 is 30.1 Å². The summed E-state index contributed by atoms with van der Waals surface area (Å²) in [7, 11) is 4.65. The summed E-state index contributed by atoms with van der Waals surface area (Å²) in [5, 5.41) is 0. The number of methoxy groups -OCH3 is 3. The molecule has 0 saturated carbocycles. The van der Waals surface area contributed by atoms with Crippen molar-refractivity contribution in [2.45, 2.75) is 25.5 Å². The molecule has 32 heavy (non-hydrogen) atoms. The molecule has 2 aromatic carbocycles. The van der Waals surface area contributed by atoms with Crippen molar-refractivity contribution in [2.24, 2.45) is 5.73 Å². The first-order valence-corrected chi connectivity index (χ1v) is 10.3. The lowest BCUT2D eigenvalue weighted by Crippen LogP contribution is -2.12. The highest BCUT2D eigenvalue weighted by Gasteiger charge is 2.28. The van der Waals surface area contributed by atoms with E-state index in [1.807, 2.05) is 24.3 Å². The molecule has 3 aromatic rings. The highest BCUT2D eigenvalue weighted by molar-refractivity contribution is 5.82. The molecule has 0 aliphatic heterocycles. The van der Waals surface area contributed by atoms with Gasteiger partial charge in [-0.1, -0.05) is 12.1 Å². The van der Waals surface area contributed by atoms with Crippen molar-refractivity contribution in [1.82, 2.24) is 4.98 Å². The Labute approximate surface area is 186 Å². The topological polar surface area (TPSA) is 92.9 Å². The number of ether oxygens (including phenoxy) is 4. The first kappa shape index (κ1) is 21.6. The largest absolute Gasteiger partial charge is 0.493 e. The number of nitrogens with zero attached hydrogens (tertiary/aromatic N) is 1. The standard InChI is InChI=1S/C25H26N2O5/c1-29-21-9-7-17-18(12-20(21)28)19(26)8-6-16-11-22(30-2)24(31-3)25(23(16)17)32-14-15-5-4-10-27-13-15/h4-5,7,9-13,19H,6,8,14,26H2,1-3H3. The van der Waals surface area contributed by atoms with E-state index in [2.05, 4.69) is 4.98 Å². The van der Waals surface area contributed by atoms with Gasteiger partial charge in [-0.2, -0.15) is 0 Å². The van der Waals surface area contributed by atoms with E-state index in [4.69, 9.17) is 24.7 Å². The Balaban J connectivity index is 1.98. The number of pyridine rings is 1. The van der Waals surface area contributed by atoms with Gasteiger partial charge in [-0.15, -0.1) is 0 Å². The van der Waals surface area contributed by atoms with E-state index in [1.54, 1.807) is 38.7 Å². The molecule has 0 fully saturated rings. The number of aryl methyl sites for hydroxylation is 1. The van der Waals surface area contributed by atoms with E-state index in [9.17, 15) is 4.79 Å². The van der Waals surface area contributed by atoms with Crippen LogP contribution in [0.15, 0.2) is 53.6 Å². The molecule has 1 aromatic heterocycles. The van der Waals surface area contributed by atoms with Crippen molar-refractivity contribution < 1.29 is 18.9 Å². The third-order valence-corrected chi connectivity index (χ3v) is 5.67. The quantitative estimate of drug-likeness (QED) is 0.633. The van der Waals surface area contributed by atoms with E-state index in [0.717, 1.165) is 27.8 Å². The maximum atomic E-state index is 12.6. The van der Waals surface area contributed by atoms with Gasteiger partial charge in [0.1, 0.15) is 6.61 Å². The van der Waals surface area contributed by atoms with Crippen LogP contribution in [0.2, 0.25) is 0 Å². The fourth-order valence-electron chi connectivity index (χ4n) is 4.08. The molecule has 0 bridgehead atoms. The van der Waals surface area contributed by atoms with Gasteiger partial charge in [0.25, 0.3) is 0 Å². The van der Waals surface area contributed by atoms with Crippen molar-refractivity contribution >= 4 is 0 Å². The molecule has 2 N–H and O–H groups in total. The highest BCUT2D eigenvalue weighted by atomic mass is 16.5. The predicted octanol–water partition coefficient (Wildman–Crippen LogP) is 3.66. The number of fused-ring (bicyclic) bond motifs is 3. The zero-order valence-corrected chi connectivity index (χ0v) is 18.4. The van der Waals surface area contributed by atoms with E-state index in [1.165, 1.54) is 7.11 Å². The minimum atomic E-state index is -0.314. The van der Waals surface area contributed by atoms with Crippen molar-refractivity contribution in [3.05, 3.63) is 75.7 Å². The number of nitrogens with two attached hydrogens (primary N) is 1. The molecule has 7 heteroatoms. The molecule has 7 nitrogen and oxygen atoms in total. The Morgan fingerprint density at radius 1 is 1.03 bits per heavy atom. The minimum Gasteiger partial charge on any atom is -0.493 e. The Morgan fingerprint density at radius 3 is 2.53 bits per heavy atom. The van der Waals surface area contributed by atoms with Gasteiger partial charge < -0.3 is 24.7 Å². The van der Waals surface area contributed by atoms with Gasteiger partial charge in [0.2, 0.25) is 11.2 Å². The van der Waals surface area contributed by atoms with Crippen LogP contribution >= 0.6 is 0 Å². The van der Waals surface area contributed by atoms with Gasteiger partial charge in [-0.25, -0.2) is 0 Å². The second-order valence-corrected chi connectivity index (χ2v) is 7.55. The Kier molecular flexibility index (Phi) is 6.28. The van der Waals surface area contributed by atoms with Crippen LogP contribution in [0.4, 0.5) is 0 Å². The summed E-state index contributed by atoms with van der Waals surface area (Å²) in [6.07, 6.45) is 4.84. The Hall–Kier alpha value is -3.58. The fourth-order valence-corrected chi connectivity index (χ4v) is 4.08. The maximum Gasteiger partial charge on any atom is 0.220 e. The number of benzene rings is 1. The lowest BCUT2D eigenvalue weighted by molar-refractivity contribution is 0.276. The Bertz CT molecular complexity index is 1180. The van der Waals surface area contributed by atoms with Crippen molar-refractivity contribution in [2.75, 3.05) is 21.3 Å². The lowest BCUT2D eigenvalue weighted by Gasteiger charge is -2.20. The van der Waals surface area contributed by atoms with Gasteiger partial charge in [-0.3, -0.25) is 9.78 Å². The normalized spacial score (nSPS) is 14.6. The molecule has 0 radical (unpaired) electrons. The van der Waals surface area contributed by atoms with Crippen LogP contribution in [0, 0.1) is 0 Å². The van der Waals surface area contributed by atoms with Crippen LogP contribution in [-0.2, 0) is 13.0 Å². The SMILES string of the molecule is COc1cc2c(c(OCc3cccnc3)c1OC)-c1ccc(OC)c(=O)cc1C(N)CC2. The molecule has 0 amide bonds. The molecule has 166 valence electrons. The molecule has 1 heterocycles. The average molecular weight is 434 g/mol. The summed E-state index contributed by atoms with van der Waals surface area (Å²) in [6, 6.07) is 10.5. The predicted molar refractivity (Wildman–Crippen MR) is 122 cm³/mol. The lowest BCUT2D eigenvalue weighted by atomic mass is 9.95. The minimum absolute atomic E-state index is 0.217. The summed E-state index contributed by atoms with van der Waals surface area (Å²) in [4.78, 5) is 16.8. The third-order valence-electron chi connectivity index (χ3n) is 5.67. The van der Waals surface area contributed by atoms with Gasteiger partial charge >= 0.3 is 0 Å². The highest BCUT2D eigenvalue weighted by Crippen LogP contribution is 2.50. The zero-order chi connectivity index (χ0) is 22.7. The Morgan fingerprint density at radius 2 is 1.84 bits per heavy atom. The summed E-state index contributed by atoms with van der Waals surface area (Å²) >= 11 is 0. The van der Waals surface area contributed by atoms with E-state index >= 15 is 0 Å². The summed E-state index contributed by atoms with van der Waals surface area (Å²) in [6.45, 7) is 0.292. The molecular weight excluding hydrogens is 408 g/mol. The molecule has 4 rings (SSSR count). The van der Waals surface area contributed by atoms with E-state index < -0.39 is 0 Å². The zero-order valence-electron chi connectivity index (χ0n) is 18.4. The fraction of sp³-hybridized carbons (Fsp3) is 0.280. The molecule has 0 saturated heterocycles. The van der Waals surface area contributed by atoms with Gasteiger partial charge in [-0.05, 0) is 53.8 Å². The van der Waals surface area contributed by atoms with Crippen LogP contribution in [0.25, 0.3) is 11.1 Å². The van der Waals surface area contributed by atoms with E-state index in [0.29, 0.717) is 36.7 Å². The molecule has 1 atom stereocenters. The average Bonchev–Trinajstić information content (AvgIpc) is 3.06. The van der Waals surface area contributed by atoms with Crippen molar-refractivity contribution in [3.63, 3.8) is 0 Å². The second kappa shape index (κ2) is 9.28. The first-order valence-electron chi connectivity index (χ1n) is 10.3. The molecule has 0 spiro atoms. The number of aromatic nitrogens is 1. The van der Waals surface area contributed by atoms with Crippen LogP contribution in [0.5, 0.6) is 23.0 Å². The van der Waals surface area contributed by atoms with Crippen LogP contribution in [-0.4, -0.2) is 26.3 Å². The van der Waals surface area contributed by atoms with Crippen molar-refractivity contribution in [3.8, 4) is 34.1 Å². The maximum absolute atomic E-state index is 12.6.